The molecule has 0 aliphatic carbocycles. The minimum atomic E-state index is -0.719. The number of anilines is 1. The third kappa shape index (κ3) is 5.95. The van der Waals surface area contributed by atoms with Gasteiger partial charge in [0, 0.05) is 51.5 Å². The molecule has 0 saturated carbocycles. The maximum Gasteiger partial charge on any atom is 0.410 e. The van der Waals surface area contributed by atoms with Crippen molar-refractivity contribution in [1.82, 2.24) is 14.8 Å². The van der Waals surface area contributed by atoms with Gasteiger partial charge in [-0.2, -0.15) is 0 Å². The zero-order chi connectivity index (χ0) is 21.2. The van der Waals surface area contributed by atoms with Crippen LogP contribution in [0, 0.1) is 0 Å². The van der Waals surface area contributed by atoms with Gasteiger partial charge in [-0.15, -0.1) is 0 Å². The van der Waals surface area contributed by atoms with Crippen molar-refractivity contribution in [2.24, 2.45) is 0 Å². The third-order valence-electron chi connectivity index (χ3n) is 5.44. The quantitative estimate of drug-likeness (QED) is 0.680. The Bertz CT molecular complexity index is 719. The fourth-order valence-electron chi connectivity index (χ4n) is 3.83. The van der Waals surface area contributed by atoms with Gasteiger partial charge in [0.15, 0.2) is 5.15 Å². The second kappa shape index (κ2) is 9.04. The van der Waals surface area contributed by atoms with E-state index in [0.29, 0.717) is 44.2 Å². The normalized spacial score (nSPS) is 22.1. The molecule has 0 aromatic carbocycles. The average molecular weight is 427 g/mol. The number of aromatic nitrogens is 1. The Morgan fingerprint density at radius 3 is 2.59 bits per heavy atom. The lowest BCUT2D eigenvalue weighted by atomic mass is 10.1. The average Bonchev–Trinajstić information content (AvgIpc) is 2.64. The summed E-state index contributed by atoms with van der Waals surface area (Å²) in [5.41, 5.74) is 1.47. The van der Waals surface area contributed by atoms with Gasteiger partial charge in [0.2, 0.25) is 0 Å². The number of alkyl halides is 1. The summed E-state index contributed by atoms with van der Waals surface area (Å²) in [5, 5.41) is 0.467. The van der Waals surface area contributed by atoms with Gasteiger partial charge < -0.3 is 14.5 Å². The van der Waals surface area contributed by atoms with Gasteiger partial charge in [0.05, 0.1) is 5.69 Å². The Kier molecular flexibility index (Phi) is 6.89. The first-order chi connectivity index (χ1) is 13.6. The molecule has 1 atom stereocenters. The molecule has 1 aromatic rings. The van der Waals surface area contributed by atoms with E-state index in [0.717, 1.165) is 24.3 Å². The Balaban J connectivity index is 1.61. The molecule has 1 amide bonds. The van der Waals surface area contributed by atoms with Crippen LogP contribution >= 0.6 is 11.6 Å². The number of ether oxygens (including phenoxy) is 1. The molecule has 0 unspecified atom stereocenters. The van der Waals surface area contributed by atoms with Crippen molar-refractivity contribution in [1.29, 1.82) is 0 Å². The van der Waals surface area contributed by atoms with E-state index >= 15 is 0 Å². The smallest absolute Gasteiger partial charge is 0.410 e. The molecule has 0 radical (unpaired) electrons. The first-order valence-electron chi connectivity index (χ1n) is 10.4. The van der Waals surface area contributed by atoms with E-state index in [2.05, 4.69) is 27.8 Å². The van der Waals surface area contributed by atoms with Crippen LogP contribution in [0.25, 0.3) is 0 Å². The number of amides is 1. The van der Waals surface area contributed by atoms with E-state index in [1.54, 1.807) is 11.1 Å². The van der Waals surface area contributed by atoms with Crippen LogP contribution in [0.4, 0.5) is 14.9 Å². The van der Waals surface area contributed by atoms with Crippen molar-refractivity contribution in [2.45, 2.75) is 64.9 Å². The molecule has 3 rings (SSSR count). The Hall–Kier alpha value is -1.60. The lowest BCUT2D eigenvalue weighted by Gasteiger charge is -2.40. The highest BCUT2D eigenvalue weighted by Crippen LogP contribution is 2.29. The fraction of sp³-hybridized carbons (Fsp3) is 0.714. The number of rotatable bonds is 3. The summed E-state index contributed by atoms with van der Waals surface area (Å²) in [6.45, 7) is 11.9. The van der Waals surface area contributed by atoms with Gasteiger partial charge in [-0.1, -0.05) is 11.6 Å². The number of carbonyl (C=O) groups is 1. The predicted octanol–water partition coefficient (Wildman–Crippen LogP) is 4.11. The molecule has 8 heteroatoms. The van der Waals surface area contributed by atoms with Gasteiger partial charge in [0.25, 0.3) is 0 Å². The zero-order valence-electron chi connectivity index (χ0n) is 17.8. The maximum atomic E-state index is 13.5. The fourth-order valence-corrected chi connectivity index (χ4v) is 4.06. The number of piperidine rings is 1. The van der Waals surface area contributed by atoms with Crippen LogP contribution in [-0.2, 0) is 11.3 Å². The molecule has 0 spiro atoms. The Labute approximate surface area is 178 Å². The molecule has 0 bridgehead atoms. The molecule has 1 aromatic heterocycles. The van der Waals surface area contributed by atoms with E-state index < -0.39 is 11.8 Å². The number of hydrogen-bond acceptors (Lipinski definition) is 5. The van der Waals surface area contributed by atoms with Crippen molar-refractivity contribution < 1.29 is 13.9 Å². The molecule has 2 fully saturated rings. The highest BCUT2D eigenvalue weighted by atomic mass is 35.5. The number of pyridine rings is 1. The monoisotopic (exact) mass is 426 g/mol. The van der Waals surface area contributed by atoms with E-state index in [9.17, 15) is 9.18 Å². The molecule has 2 saturated heterocycles. The van der Waals surface area contributed by atoms with Crippen molar-refractivity contribution in [3.63, 3.8) is 0 Å². The van der Waals surface area contributed by atoms with Crippen molar-refractivity contribution >= 4 is 23.4 Å². The maximum absolute atomic E-state index is 13.5. The van der Waals surface area contributed by atoms with Crippen LogP contribution in [0.1, 0.15) is 46.1 Å². The molecule has 6 nitrogen and oxygen atoms in total. The number of nitrogens with zero attached hydrogens (tertiary/aromatic N) is 4. The summed E-state index contributed by atoms with van der Waals surface area (Å²) in [7, 11) is 0. The molecule has 2 aliphatic heterocycles. The lowest BCUT2D eigenvalue weighted by Crippen LogP contribution is -2.54. The van der Waals surface area contributed by atoms with Gasteiger partial charge >= 0.3 is 6.09 Å². The second-order valence-electron chi connectivity index (χ2n) is 9.06. The van der Waals surface area contributed by atoms with Crippen LogP contribution in [0.2, 0.25) is 5.15 Å². The van der Waals surface area contributed by atoms with Gasteiger partial charge in [-0.25, -0.2) is 14.2 Å². The van der Waals surface area contributed by atoms with Crippen molar-refractivity contribution in [2.75, 3.05) is 37.6 Å². The summed E-state index contributed by atoms with van der Waals surface area (Å²) in [6, 6.07) is 2.28. The third-order valence-corrected chi connectivity index (χ3v) is 5.74. The van der Waals surface area contributed by atoms with Gasteiger partial charge in [0.1, 0.15) is 11.8 Å². The van der Waals surface area contributed by atoms with Crippen LogP contribution in [0.5, 0.6) is 0 Å². The molecule has 3 heterocycles. The summed E-state index contributed by atoms with van der Waals surface area (Å²) in [5.74, 6) is 0. The largest absolute Gasteiger partial charge is 0.444 e. The Morgan fingerprint density at radius 2 is 1.97 bits per heavy atom. The lowest BCUT2D eigenvalue weighted by molar-refractivity contribution is 0.00460. The molecular weight excluding hydrogens is 395 g/mol. The predicted molar refractivity (Wildman–Crippen MR) is 113 cm³/mol. The highest BCUT2D eigenvalue weighted by Gasteiger charge is 2.30. The topological polar surface area (TPSA) is 48.9 Å². The highest BCUT2D eigenvalue weighted by molar-refractivity contribution is 6.32. The summed E-state index contributed by atoms with van der Waals surface area (Å²) >= 11 is 6.33. The number of piperazine rings is 1. The Morgan fingerprint density at radius 1 is 1.28 bits per heavy atom. The van der Waals surface area contributed by atoms with E-state index in [-0.39, 0.29) is 12.1 Å². The minimum absolute atomic E-state index is 0.206. The van der Waals surface area contributed by atoms with Crippen LogP contribution < -0.4 is 4.90 Å². The summed E-state index contributed by atoms with van der Waals surface area (Å²) in [6.07, 6.45) is 1.90. The zero-order valence-corrected chi connectivity index (χ0v) is 18.6. The first-order valence-corrected chi connectivity index (χ1v) is 10.8. The van der Waals surface area contributed by atoms with Crippen LogP contribution in [-0.4, -0.2) is 71.4 Å². The van der Waals surface area contributed by atoms with E-state index in [1.807, 2.05) is 20.8 Å². The summed E-state index contributed by atoms with van der Waals surface area (Å²) in [4.78, 5) is 22.9. The number of carbonyl (C=O) groups excluding carboxylic acids is 1. The van der Waals surface area contributed by atoms with E-state index in [1.165, 1.54) is 0 Å². The molecule has 0 N–H and O–H groups in total. The standard InChI is InChI=1S/C21H32ClFN4O2/c1-15-13-27(20(28)29-21(2,3)4)10-9-26(15)14-16-11-18(19(22)24-12-16)25-7-5-17(23)6-8-25/h11-12,15,17H,5-10,13-14H2,1-4H3/t15-/m0/s1. The molecule has 2 aliphatic rings. The first kappa shape index (κ1) is 22.1. The minimum Gasteiger partial charge on any atom is -0.444 e. The number of halogens is 2. The number of hydrogen-bond donors (Lipinski definition) is 0. The van der Waals surface area contributed by atoms with Gasteiger partial charge in [-0.3, -0.25) is 4.90 Å². The molecular formula is C21H32ClFN4O2. The molecule has 162 valence electrons. The summed E-state index contributed by atoms with van der Waals surface area (Å²) < 4.78 is 19.0. The SMILES string of the molecule is C[C@H]1CN(C(=O)OC(C)(C)C)CCN1Cc1cnc(Cl)c(N2CCC(F)CC2)c1. The van der Waals surface area contributed by atoms with Crippen molar-refractivity contribution in [3.8, 4) is 0 Å². The molecule has 29 heavy (non-hydrogen) atoms. The van der Waals surface area contributed by atoms with E-state index in [4.69, 9.17) is 16.3 Å². The van der Waals surface area contributed by atoms with Crippen LogP contribution in [0.3, 0.4) is 0 Å². The second-order valence-corrected chi connectivity index (χ2v) is 9.42. The van der Waals surface area contributed by atoms with Crippen molar-refractivity contribution in [3.05, 3.63) is 23.0 Å². The van der Waals surface area contributed by atoms with Gasteiger partial charge in [-0.05, 0) is 52.2 Å². The van der Waals surface area contributed by atoms with Crippen LogP contribution in [0.15, 0.2) is 12.3 Å².